The van der Waals surface area contributed by atoms with Gasteiger partial charge in [-0.25, -0.2) is 22.6 Å². The molecule has 2 aliphatic heterocycles. The van der Waals surface area contributed by atoms with Gasteiger partial charge in [0.1, 0.15) is 5.82 Å². The molecule has 0 saturated carbocycles. The molecule has 2 aromatic rings. The minimum atomic E-state index is -3.15. The van der Waals surface area contributed by atoms with Crippen LogP contribution >= 0.6 is 11.3 Å². The van der Waals surface area contributed by atoms with Crippen LogP contribution in [0.4, 0.5) is 14.3 Å². The summed E-state index contributed by atoms with van der Waals surface area (Å²) < 4.78 is 37.2. The van der Waals surface area contributed by atoms with E-state index in [1.807, 2.05) is 0 Å². The molecule has 1 N–H and O–H groups in total. The van der Waals surface area contributed by atoms with Crippen molar-refractivity contribution in [2.24, 2.45) is 0 Å². The fraction of sp³-hybridized carbons (Fsp3) is 0.333. The quantitative estimate of drug-likeness (QED) is 0.796. The lowest BCUT2D eigenvalue weighted by Crippen LogP contribution is -2.36. The highest BCUT2D eigenvalue weighted by molar-refractivity contribution is 7.91. The normalized spacial score (nSPS) is 27.1. The van der Waals surface area contributed by atoms with Gasteiger partial charge in [0.05, 0.1) is 33.8 Å². The number of urea groups is 1. The Morgan fingerprint density at radius 2 is 2.19 bits per heavy atom. The first-order valence-electron chi connectivity index (χ1n) is 6.29. The van der Waals surface area contributed by atoms with E-state index in [0.717, 1.165) is 0 Å². The summed E-state index contributed by atoms with van der Waals surface area (Å²) >= 11 is 1.18. The highest BCUT2D eigenvalue weighted by Gasteiger charge is 2.50. The number of nitrogens with zero attached hydrogens (tertiary/aromatic N) is 2. The number of anilines is 1. The third-order valence-electron chi connectivity index (χ3n) is 3.73. The summed E-state index contributed by atoms with van der Waals surface area (Å²) in [6.45, 7) is 0. The Morgan fingerprint density at radius 1 is 1.38 bits per heavy atom. The molecule has 6 nitrogen and oxygen atoms in total. The molecule has 2 atom stereocenters. The monoisotopic (exact) mass is 327 g/mol. The van der Waals surface area contributed by atoms with Crippen LogP contribution in [0, 0.1) is 5.82 Å². The first-order valence-corrected chi connectivity index (χ1v) is 8.93. The third-order valence-corrected chi connectivity index (χ3v) is 6.46. The van der Waals surface area contributed by atoms with Gasteiger partial charge in [0.15, 0.2) is 15.0 Å². The summed E-state index contributed by atoms with van der Waals surface area (Å²) in [6, 6.07) is 3.02. The van der Waals surface area contributed by atoms with Crippen molar-refractivity contribution >= 4 is 42.6 Å². The number of nitrogens with one attached hydrogen (secondary N) is 1. The SMILES string of the molecule is O=C1NC2CS(=O)(=O)CC2N1c1nc2ccc(F)cc2s1. The van der Waals surface area contributed by atoms with Crippen LogP contribution in [0.5, 0.6) is 0 Å². The molecule has 21 heavy (non-hydrogen) atoms. The van der Waals surface area contributed by atoms with Crippen molar-refractivity contribution in [3.63, 3.8) is 0 Å². The number of sulfone groups is 1. The minimum Gasteiger partial charge on any atom is -0.332 e. The molecule has 1 aromatic heterocycles. The Balaban J connectivity index is 1.78. The van der Waals surface area contributed by atoms with E-state index in [4.69, 9.17) is 0 Å². The predicted molar refractivity (Wildman–Crippen MR) is 76.8 cm³/mol. The number of hydrogen-bond acceptors (Lipinski definition) is 5. The molecule has 2 aliphatic rings. The molecule has 2 amide bonds. The number of thiazole rings is 1. The lowest BCUT2D eigenvalue weighted by Gasteiger charge is -2.17. The standard InChI is InChI=1S/C12H10FN3O3S2/c13-6-1-2-7-10(3-6)20-12(15-7)16-9-5-21(18,19)4-8(9)14-11(16)17/h1-3,8-9H,4-5H2,(H,14,17). The predicted octanol–water partition coefficient (Wildman–Crippen LogP) is 1.13. The molecular formula is C12H10FN3O3S2. The summed E-state index contributed by atoms with van der Waals surface area (Å²) in [5, 5.41) is 3.08. The number of aromatic nitrogens is 1. The first-order chi connectivity index (χ1) is 9.93. The van der Waals surface area contributed by atoms with E-state index in [9.17, 15) is 17.6 Å². The molecule has 0 aliphatic carbocycles. The first kappa shape index (κ1) is 13.0. The number of halogens is 1. The lowest BCUT2D eigenvalue weighted by atomic mass is 10.2. The van der Waals surface area contributed by atoms with Gasteiger partial charge in [-0.2, -0.15) is 0 Å². The van der Waals surface area contributed by atoms with Gasteiger partial charge in [-0.1, -0.05) is 11.3 Å². The molecule has 110 valence electrons. The third kappa shape index (κ3) is 1.99. The Bertz CT molecular complexity index is 864. The zero-order chi connectivity index (χ0) is 14.8. The van der Waals surface area contributed by atoms with Crippen LogP contribution in [0.3, 0.4) is 0 Å². The summed E-state index contributed by atoms with van der Waals surface area (Å²) in [7, 11) is -3.15. The van der Waals surface area contributed by atoms with E-state index in [2.05, 4.69) is 10.3 Å². The van der Waals surface area contributed by atoms with Crippen molar-refractivity contribution in [1.82, 2.24) is 10.3 Å². The van der Waals surface area contributed by atoms with Crippen LogP contribution in [-0.2, 0) is 9.84 Å². The van der Waals surface area contributed by atoms with Gasteiger partial charge in [0.2, 0.25) is 0 Å². The zero-order valence-electron chi connectivity index (χ0n) is 10.6. The van der Waals surface area contributed by atoms with Gasteiger partial charge in [-0.15, -0.1) is 0 Å². The van der Waals surface area contributed by atoms with Crippen molar-refractivity contribution in [3.8, 4) is 0 Å². The van der Waals surface area contributed by atoms with Gasteiger partial charge in [0, 0.05) is 0 Å². The molecule has 0 bridgehead atoms. The summed E-state index contributed by atoms with van der Waals surface area (Å²) in [6.07, 6.45) is 0. The number of fused-ring (bicyclic) bond motifs is 2. The Hall–Kier alpha value is -1.74. The zero-order valence-corrected chi connectivity index (χ0v) is 12.2. The fourth-order valence-corrected chi connectivity index (χ4v) is 5.76. The topological polar surface area (TPSA) is 79.4 Å². The maximum atomic E-state index is 13.2. The van der Waals surface area contributed by atoms with Gasteiger partial charge in [0.25, 0.3) is 0 Å². The Kier molecular flexibility index (Phi) is 2.55. The Labute approximate surface area is 123 Å². The number of rotatable bonds is 1. The van der Waals surface area contributed by atoms with Gasteiger partial charge < -0.3 is 5.32 Å². The van der Waals surface area contributed by atoms with E-state index in [1.54, 1.807) is 6.07 Å². The molecule has 1 aromatic carbocycles. The fourth-order valence-electron chi connectivity index (χ4n) is 2.82. The van der Waals surface area contributed by atoms with Crippen molar-refractivity contribution in [2.45, 2.75) is 12.1 Å². The minimum absolute atomic E-state index is 0.0422. The maximum Gasteiger partial charge on any atom is 0.324 e. The summed E-state index contributed by atoms with van der Waals surface area (Å²) in [5.41, 5.74) is 0.591. The highest BCUT2D eigenvalue weighted by atomic mass is 32.2. The van der Waals surface area contributed by atoms with Crippen molar-refractivity contribution < 1.29 is 17.6 Å². The van der Waals surface area contributed by atoms with Crippen LogP contribution in [-0.4, -0.2) is 43.0 Å². The maximum absolute atomic E-state index is 13.2. The lowest BCUT2D eigenvalue weighted by molar-refractivity contribution is 0.251. The second-order valence-electron chi connectivity index (χ2n) is 5.18. The number of hydrogen-bond donors (Lipinski definition) is 1. The number of carbonyl (C=O) groups is 1. The average molecular weight is 327 g/mol. The second-order valence-corrected chi connectivity index (χ2v) is 8.34. The molecular weight excluding hydrogens is 317 g/mol. The average Bonchev–Trinajstić information content (AvgIpc) is 2.97. The van der Waals surface area contributed by atoms with Crippen molar-refractivity contribution in [1.29, 1.82) is 0 Å². The summed E-state index contributed by atoms with van der Waals surface area (Å²) in [5.74, 6) is -0.481. The smallest absolute Gasteiger partial charge is 0.324 e. The number of carbonyl (C=O) groups excluding carboxylic acids is 1. The van der Waals surface area contributed by atoms with Gasteiger partial charge in [-0.3, -0.25) is 4.90 Å². The van der Waals surface area contributed by atoms with Crippen LogP contribution in [0.25, 0.3) is 10.2 Å². The largest absolute Gasteiger partial charge is 0.332 e. The van der Waals surface area contributed by atoms with E-state index in [0.29, 0.717) is 15.3 Å². The molecule has 2 unspecified atom stereocenters. The van der Waals surface area contributed by atoms with Gasteiger partial charge >= 0.3 is 6.03 Å². The van der Waals surface area contributed by atoms with Crippen LogP contribution in [0.2, 0.25) is 0 Å². The van der Waals surface area contributed by atoms with E-state index < -0.39 is 21.9 Å². The Morgan fingerprint density at radius 3 is 3.00 bits per heavy atom. The molecule has 2 saturated heterocycles. The van der Waals surface area contributed by atoms with E-state index >= 15 is 0 Å². The molecule has 0 spiro atoms. The van der Waals surface area contributed by atoms with Crippen molar-refractivity contribution in [2.75, 3.05) is 16.4 Å². The van der Waals surface area contributed by atoms with E-state index in [-0.39, 0.29) is 23.4 Å². The molecule has 2 fully saturated rings. The van der Waals surface area contributed by atoms with Crippen LogP contribution in [0.15, 0.2) is 18.2 Å². The van der Waals surface area contributed by atoms with Gasteiger partial charge in [-0.05, 0) is 18.2 Å². The number of amides is 2. The van der Waals surface area contributed by atoms with E-state index in [1.165, 1.54) is 28.4 Å². The summed E-state index contributed by atoms with van der Waals surface area (Å²) in [4.78, 5) is 17.8. The van der Waals surface area contributed by atoms with Crippen LogP contribution < -0.4 is 10.2 Å². The molecule has 4 rings (SSSR count). The second kappa shape index (κ2) is 4.14. The molecule has 3 heterocycles. The van der Waals surface area contributed by atoms with Crippen molar-refractivity contribution in [3.05, 3.63) is 24.0 Å². The highest BCUT2D eigenvalue weighted by Crippen LogP contribution is 2.35. The molecule has 0 radical (unpaired) electrons. The number of benzene rings is 1. The van der Waals surface area contributed by atoms with Crippen LogP contribution in [0.1, 0.15) is 0 Å². The molecule has 9 heteroatoms.